The predicted octanol–water partition coefficient (Wildman–Crippen LogP) is 3.44. The average molecular weight is 361 g/mol. The van der Waals surface area contributed by atoms with E-state index in [1.165, 1.54) is 6.07 Å². The number of pyridine rings is 1. The highest BCUT2D eigenvalue weighted by molar-refractivity contribution is 5.75. The normalized spacial score (nSPS) is 10.8. The third-order valence-electron chi connectivity index (χ3n) is 4.17. The van der Waals surface area contributed by atoms with Crippen molar-refractivity contribution in [3.05, 3.63) is 86.8 Å². The fourth-order valence-electron chi connectivity index (χ4n) is 2.89. The van der Waals surface area contributed by atoms with Crippen molar-refractivity contribution in [2.45, 2.75) is 6.54 Å². The Morgan fingerprint density at radius 1 is 1.00 bits per heavy atom. The SMILES string of the molecule is O=c1[nH]c2ccc(CNc3ccc([N+](=O)[O-])c(-c4ccccc4)n3)cc2[nH]1. The first kappa shape index (κ1) is 16.5. The lowest BCUT2D eigenvalue weighted by Crippen LogP contribution is -2.03. The van der Waals surface area contributed by atoms with E-state index in [-0.39, 0.29) is 11.4 Å². The zero-order valence-corrected chi connectivity index (χ0v) is 14.1. The molecule has 0 unspecified atom stereocenters. The van der Waals surface area contributed by atoms with Gasteiger partial charge in [0.2, 0.25) is 0 Å². The number of benzene rings is 2. The Bertz CT molecular complexity index is 1180. The molecule has 0 amide bonds. The molecular weight excluding hydrogens is 346 g/mol. The summed E-state index contributed by atoms with van der Waals surface area (Å²) in [5, 5.41) is 14.5. The van der Waals surface area contributed by atoms with Crippen molar-refractivity contribution in [3.8, 4) is 11.3 Å². The van der Waals surface area contributed by atoms with E-state index >= 15 is 0 Å². The highest BCUT2D eigenvalue weighted by Gasteiger charge is 2.17. The Balaban J connectivity index is 1.61. The van der Waals surface area contributed by atoms with E-state index in [4.69, 9.17) is 0 Å². The smallest absolute Gasteiger partial charge is 0.323 e. The van der Waals surface area contributed by atoms with Crippen LogP contribution < -0.4 is 11.0 Å². The molecule has 4 rings (SSSR count). The van der Waals surface area contributed by atoms with Crippen LogP contribution in [-0.4, -0.2) is 19.9 Å². The first-order valence-electron chi connectivity index (χ1n) is 8.26. The molecule has 0 saturated carbocycles. The van der Waals surface area contributed by atoms with Crippen molar-refractivity contribution in [1.82, 2.24) is 15.0 Å². The lowest BCUT2D eigenvalue weighted by molar-refractivity contribution is -0.384. The number of aromatic amines is 2. The lowest BCUT2D eigenvalue weighted by Gasteiger charge is -2.09. The summed E-state index contributed by atoms with van der Waals surface area (Å²) in [6.45, 7) is 0.461. The van der Waals surface area contributed by atoms with Crippen LogP contribution in [0.4, 0.5) is 11.5 Å². The maximum atomic E-state index is 11.3. The van der Waals surface area contributed by atoms with Crippen molar-refractivity contribution in [3.63, 3.8) is 0 Å². The molecule has 2 aromatic heterocycles. The summed E-state index contributed by atoms with van der Waals surface area (Å²) in [4.78, 5) is 32.1. The summed E-state index contributed by atoms with van der Waals surface area (Å²) >= 11 is 0. The van der Waals surface area contributed by atoms with Gasteiger partial charge in [-0.05, 0) is 23.8 Å². The molecule has 0 spiro atoms. The van der Waals surface area contributed by atoms with Gasteiger partial charge >= 0.3 is 5.69 Å². The van der Waals surface area contributed by atoms with Gasteiger partial charge in [-0.2, -0.15) is 0 Å². The lowest BCUT2D eigenvalue weighted by atomic mass is 10.1. The van der Waals surface area contributed by atoms with Crippen molar-refractivity contribution >= 4 is 22.5 Å². The Kier molecular flexibility index (Phi) is 4.13. The molecule has 0 aliphatic rings. The van der Waals surface area contributed by atoms with Crippen LogP contribution in [0.25, 0.3) is 22.3 Å². The van der Waals surface area contributed by atoms with E-state index in [1.807, 2.05) is 36.4 Å². The summed E-state index contributed by atoms with van der Waals surface area (Å²) in [5.41, 5.74) is 3.11. The summed E-state index contributed by atoms with van der Waals surface area (Å²) < 4.78 is 0. The molecule has 0 bridgehead atoms. The molecule has 2 aromatic carbocycles. The monoisotopic (exact) mass is 361 g/mol. The summed E-state index contributed by atoms with van der Waals surface area (Å²) in [7, 11) is 0. The molecule has 0 aliphatic carbocycles. The fraction of sp³-hybridized carbons (Fsp3) is 0.0526. The topological polar surface area (TPSA) is 117 Å². The van der Waals surface area contributed by atoms with Gasteiger partial charge < -0.3 is 15.3 Å². The molecule has 27 heavy (non-hydrogen) atoms. The zero-order chi connectivity index (χ0) is 18.8. The van der Waals surface area contributed by atoms with Gasteiger partial charge in [0.05, 0.1) is 16.0 Å². The molecule has 134 valence electrons. The number of nitro groups is 1. The summed E-state index contributed by atoms with van der Waals surface area (Å²) in [6.07, 6.45) is 0. The van der Waals surface area contributed by atoms with E-state index in [2.05, 4.69) is 20.3 Å². The highest BCUT2D eigenvalue weighted by atomic mass is 16.6. The number of nitrogens with zero attached hydrogens (tertiary/aromatic N) is 2. The first-order valence-corrected chi connectivity index (χ1v) is 8.26. The molecule has 2 heterocycles. The minimum absolute atomic E-state index is 0.0435. The maximum absolute atomic E-state index is 11.3. The predicted molar refractivity (Wildman–Crippen MR) is 103 cm³/mol. The number of hydrogen-bond acceptors (Lipinski definition) is 5. The number of nitrogens with one attached hydrogen (secondary N) is 3. The van der Waals surface area contributed by atoms with Gasteiger partial charge in [-0.1, -0.05) is 36.4 Å². The second-order valence-corrected chi connectivity index (χ2v) is 6.00. The quantitative estimate of drug-likeness (QED) is 0.372. The standard InChI is InChI=1S/C19H15N5O3/c25-19-21-14-7-6-12(10-15(14)22-19)11-20-17-9-8-16(24(26)27)18(23-17)13-4-2-1-3-5-13/h1-10H,11H2,(H,20,23)(H2,21,22,25). The third-order valence-corrected chi connectivity index (χ3v) is 4.17. The van der Waals surface area contributed by atoms with E-state index in [9.17, 15) is 14.9 Å². The number of fused-ring (bicyclic) bond motifs is 1. The highest BCUT2D eigenvalue weighted by Crippen LogP contribution is 2.29. The molecule has 0 aliphatic heterocycles. The van der Waals surface area contributed by atoms with Crippen LogP contribution in [0.15, 0.2) is 65.5 Å². The molecule has 0 radical (unpaired) electrons. The van der Waals surface area contributed by atoms with Crippen molar-refractivity contribution < 1.29 is 4.92 Å². The van der Waals surface area contributed by atoms with Crippen LogP contribution in [0.5, 0.6) is 0 Å². The van der Waals surface area contributed by atoms with Crippen LogP contribution in [-0.2, 0) is 6.54 Å². The molecule has 0 fully saturated rings. The third kappa shape index (κ3) is 3.40. The number of aromatic nitrogens is 3. The second kappa shape index (κ2) is 6.75. The van der Waals surface area contributed by atoms with Gasteiger partial charge in [0, 0.05) is 18.2 Å². The minimum atomic E-state index is -0.435. The minimum Gasteiger partial charge on any atom is -0.366 e. The van der Waals surface area contributed by atoms with Crippen molar-refractivity contribution in [2.24, 2.45) is 0 Å². The van der Waals surface area contributed by atoms with E-state index in [1.54, 1.807) is 18.2 Å². The van der Waals surface area contributed by atoms with Crippen molar-refractivity contribution in [2.75, 3.05) is 5.32 Å². The van der Waals surface area contributed by atoms with Gasteiger partial charge in [0.15, 0.2) is 5.69 Å². The Hall–Kier alpha value is -3.94. The maximum Gasteiger partial charge on any atom is 0.323 e. The molecule has 0 saturated heterocycles. The number of rotatable bonds is 5. The Morgan fingerprint density at radius 3 is 2.56 bits per heavy atom. The van der Waals surface area contributed by atoms with Gasteiger partial charge in [-0.3, -0.25) is 10.1 Å². The van der Waals surface area contributed by atoms with Crippen LogP contribution in [0.3, 0.4) is 0 Å². The van der Waals surface area contributed by atoms with Gasteiger partial charge in [0.1, 0.15) is 5.82 Å². The van der Waals surface area contributed by atoms with Gasteiger partial charge in [-0.25, -0.2) is 9.78 Å². The van der Waals surface area contributed by atoms with Crippen LogP contribution in [0.1, 0.15) is 5.56 Å². The Labute approximate surface area is 153 Å². The van der Waals surface area contributed by atoms with Crippen LogP contribution in [0.2, 0.25) is 0 Å². The number of H-pyrrole nitrogens is 2. The molecule has 0 atom stereocenters. The van der Waals surface area contributed by atoms with Crippen LogP contribution in [0, 0.1) is 10.1 Å². The largest absolute Gasteiger partial charge is 0.366 e. The molecular formula is C19H15N5O3. The first-order chi connectivity index (χ1) is 13.1. The molecule has 3 N–H and O–H groups in total. The Morgan fingerprint density at radius 2 is 1.78 bits per heavy atom. The number of anilines is 1. The molecule has 8 nitrogen and oxygen atoms in total. The summed E-state index contributed by atoms with van der Waals surface area (Å²) in [5.74, 6) is 0.530. The van der Waals surface area contributed by atoms with E-state index in [0.717, 1.165) is 16.6 Å². The molecule has 4 aromatic rings. The fourth-order valence-corrected chi connectivity index (χ4v) is 2.89. The zero-order valence-electron chi connectivity index (χ0n) is 14.1. The van der Waals surface area contributed by atoms with Gasteiger partial charge in [0.25, 0.3) is 5.69 Å². The number of imidazole rings is 1. The average Bonchev–Trinajstić information content (AvgIpc) is 3.06. The molecule has 8 heteroatoms. The second-order valence-electron chi connectivity index (χ2n) is 6.00. The van der Waals surface area contributed by atoms with Crippen LogP contribution >= 0.6 is 0 Å². The van der Waals surface area contributed by atoms with Crippen molar-refractivity contribution in [1.29, 1.82) is 0 Å². The van der Waals surface area contributed by atoms with E-state index in [0.29, 0.717) is 23.6 Å². The van der Waals surface area contributed by atoms with Gasteiger partial charge in [-0.15, -0.1) is 0 Å². The summed E-state index contributed by atoms with van der Waals surface area (Å²) in [6, 6.07) is 17.7. The van der Waals surface area contributed by atoms with E-state index < -0.39 is 4.92 Å². The number of hydrogen-bond donors (Lipinski definition) is 3.